The van der Waals surface area contributed by atoms with Crippen molar-refractivity contribution in [1.29, 1.82) is 0 Å². The fourth-order valence-electron chi connectivity index (χ4n) is 2.91. The Balaban J connectivity index is 1.84. The van der Waals surface area contributed by atoms with E-state index in [0.29, 0.717) is 11.6 Å². The van der Waals surface area contributed by atoms with Crippen LogP contribution in [0, 0.1) is 0 Å². The molecule has 0 radical (unpaired) electrons. The Hall–Kier alpha value is -0.120. The molecule has 0 bridgehead atoms. The van der Waals surface area contributed by atoms with Crippen molar-refractivity contribution in [2.45, 2.75) is 49.7 Å². The highest BCUT2D eigenvalue weighted by Crippen LogP contribution is 2.38. The first kappa shape index (κ1) is 11.4. The van der Waals surface area contributed by atoms with Gasteiger partial charge in [-0.25, -0.2) is 0 Å². The summed E-state index contributed by atoms with van der Waals surface area (Å²) in [6, 6.07) is 1.21. The van der Waals surface area contributed by atoms with Crippen LogP contribution in [0.1, 0.15) is 32.1 Å². The number of rotatable bonds is 4. The molecule has 3 nitrogen and oxygen atoms in total. The first-order chi connectivity index (χ1) is 7.03. The van der Waals surface area contributed by atoms with E-state index in [2.05, 4.69) is 30.9 Å². The summed E-state index contributed by atoms with van der Waals surface area (Å²) in [4.78, 5) is 4.95. The lowest BCUT2D eigenvalue weighted by atomic mass is 9.74. The molecule has 2 aliphatic carbocycles. The van der Waals surface area contributed by atoms with Gasteiger partial charge in [0.15, 0.2) is 0 Å². The molecule has 0 unspecified atom stereocenters. The van der Waals surface area contributed by atoms with E-state index in [4.69, 9.17) is 5.73 Å². The van der Waals surface area contributed by atoms with E-state index >= 15 is 0 Å². The van der Waals surface area contributed by atoms with Crippen molar-refractivity contribution in [1.82, 2.24) is 9.80 Å². The minimum atomic E-state index is 0.467. The van der Waals surface area contributed by atoms with E-state index in [-0.39, 0.29) is 0 Å². The van der Waals surface area contributed by atoms with Crippen LogP contribution in [-0.2, 0) is 0 Å². The van der Waals surface area contributed by atoms with Crippen molar-refractivity contribution < 1.29 is 0 Å². The predicted octanol–water partition coefficient (Wildman–Crippen LogP) is 0.892. The minimum absolute atomic E-state index is 0.467. The van der Waals surface area contributed by atoms with Gasteiger partial charge in [-0.15, -0.1) is 0 Å². The van der Waals surface area contributed by atoms with E-state index in [1.165, 1.54) is 38.6 Å². The second-order valence-corrected chi connectivity index (χ2v) is 5.77. The molecule has 0 aromatic carbocycles. The Morgan fingerprint density at radius 3 is 2.13 bits per heavy atom. The molecule has 0 aromatic heterocycles. The van der Waals surface area contributed by atoms with Crippen molar-refractivity contribution in [3.8, 4) is 0 Å². The molecular weight excluding hydrogens is 186 g/mol. The standard InChI is InChI=1S/C12H25N3/c1-14(2)12(5-4-6-12)9-15(3)11-7-10(13)8-11/h10-11H,4-9,13H2,1-3H3. The number of nitrogens with zero attached hydrogens (tertiary/aromatic N) is 2. The van der Waals surface area contributed by atoms with E-state index in [0.717, 1.165) is 6.04 Å². The third-order valence-corrected chi connectivity index (χ3v) is 4.55. The normalized spacial score (nSPS) is 34.0. The summed E-state index contributed by atoms with van der Waals surface area (Å²) >= 11 is 0. The first-order valence-electron chi connectivity index (χ1n) is 6.17. The van der Waals surface area contributed by atoms with E-state index in [9.17, 15) is 0 Å². The van der Waals surface area contributed by atoms with Gasteiger partial charge in [-0.05, 0) is 53.2 Å². The topological polar surface area (TPSA) is 32.5 Å². The Kier molecular flexibility index (Phi) is 3.06. The summed E-state index contributed by atoms with van der Waals surface area (Å²) in [5, 5.41) is 0. The van der Waals surface area contributed by atoms with Gasteiger partial charge in [-0.1, -0.05) is 0 Å². The highest BCUT2D eigenvalue weighted by Gasteiger charge is 2.42. The van der Waals surface area contributed by atoms with Crippen LogP contribution < -0.4 is 5.73 Å². The molecule has 2 aliphatic rings. The number of hydrogen-bond acceptors (Lipinski definition) is 3. The zero-order valence-electron chi connectivity index (χ0n) is 10.4. The minimum Gasteiger partial charge on any atom is -0.328 e. The molecule has 2 rings (SSSR count). The third-order valence-electron chi connectivity index (χ3n) is 4.55. The molecule has 2 N–H and O–H groups in total. The zero-order valence-corrected chi connectivity index (χ0v) is 10.4. The van der Waals surface area contributed by atoms with Gasteiger partial charge in [0, 0.05) is 24.2 Å². The summed E-state index contributed by atoms with van der Waals surface area (Å²) in [5.41, 5.74) is 6.31. The molecule has 3 heteroatoms. The molecule has 0 heterocycles. The van der Waals surface area contributed by atoms with Crippen LogP contribution >= 0.6 is 0 Å². The summed E-state index contributed by atoms with van der Waals surface area (Å²) < 4.78 is 0. The van der Waals surface area contributed by atoms with Crippen LogP contribution in [0.5, 0.6) is 0 Å². The first-order valence-corrected chi connectivity index (χ1v) is 6.17. The van der Waals surface area contributed by atoms with Crippen LogP contribution in [-0.4, -0.2) is 55.1 Å². The van der Waals surface area contributed by atoms with Crippen LogP contribution in [0.25, 0.3) is 0 Å². The predicted molar refractivity (Wildman–Crippen MR) is 63.9 cm³/mol. The Labute approximate surface area is 93.6 Å². The van der Waals surface area contributed by atoms with Crippen molar-refractivity contribution >= 4 is 0 Å². The molecule has 2 fully saturated rings. The molecule has 0 aromatic rings. The molecule has 0 aliphatic heterocycles. The molecule has 0 spiro atoms. The molecule has 0 atom stereocenters. The fraction of sp³-hybridized carbons (Fsp3) is 1.00. The second kappa shape index (κ2) is 4.04. The van der Waals surface area contributed by atoms with Crippen molar-refractivity contribution in [2.24, 2.45) is 5.73 Å². The number of hydrogen-bond donors (Lipinski definition) is 1. The zero-order chi connectivity index (χ0) is 11.1. The highest BCUT2D eigenvalue weighted by atomic mass is 15.2. The summed E-state index contributed by atoms with van der Waals surface area (Å²) in [5.74, 6) is 0. The molecule has 2 saturated carbocycles. The van der Waals surface area contributed by atoms with Gasteiger partial charge in [0.05, 0.1) is 0 Å². The Bertz CT molecular complexity index is 217. The van der Waals surface area contributed by atoms with Gasteiger partial charge in [-0.3, -0.25) is 0 Å². The number of nitrogens with two attached hydrogens (primary N) is 1. The van der Waals surface area contributed by atoms with Crippen LogP contribution in [0.4, 0.5) is 0 Å². The summed E-state index contributed by atoms with van der Waals surface area (Å²) in [7, 11) is 6.71. The lowest BCUT2D eigenvalue weighted by Crippen LogP contribution is -2.60. The second-order valence-electron chi connectivity index (χ2n) is 5.77. The average molecular weight is 211 g/mol. The fourth-order valence-corrected chi connectivity index (χ4v) is 2.91. The van der Waals surface area contributed by atoms with Gasteiger partial charge in [0.2, 0.25) is 0 Å². The van der Waals surface area contributed by atoms with E-state index in [1.54, 1.807) is 0 Å². The smallest absolute Gasteiger partial charge is 0.0330 e. The third kappa shape index (κ3) is 2.05. The summed E-state index contributed by atoms with van der Waals surface area (Å²) in [6.07, 6.45) is 6.52. The maximum absolute atomic E-state index is 5.84. The Morgan fingerprint density at radius 2 is 1.80 bits per heavy atom. The van der Waals surface area contributed by atoms with Crippen LogP contribution in [0.3, 0.4) is 0 Å². The van der Waals surface area contributed by atoms with Gasteiger partial charge < -0.3 is 15.5 Å². The lowest BCUT2D eigenvalue weighted by molar-refractivity contribution is 0.00145. The molecule has 15 heavy (non-hydrogen) atoms. The molecular formula is C12H25N3. The highest BCUT2D eigenvalue weighted by molar-refractivity contribution is 5.00. The summed E-state index contributed by atoms with van der Waals surface area (Å²) in [6.45, 7) is 1.22. The van der Waals surface area contributed by atoms with Crippen molar-refractivity contribution in [3.05, 3.63) is 0 Å². The maximum Gasteiger partial charge on any atom is 0.0330 e. The van der Waals surface area contributed by atoms with Crippen molar-refractivity contribution in [2.75, 3.05) is 27.7 Å². The quantitative estimate of drug-likeness (QED) is 0.749. The van der Waals surface area contributed by atoms with Crippen LogP contribution in [0.2, 0.25) is 0 Å². The van der Waals surface area contributed by atoms with Gasteiger partial charge in [0.25, 0.3) is 0 Å². The van der Waals surface area contributed by atoms with Crippen LogP contribution in [0.15, 0.2) is 0 Å². The SMILES string of the molecule is CN(CC1(N(C)C)CCC1)C1CC(N)C1. The average Bonchev–Trinajstić information content (AvgIpc) is 2.05. The lowest BCUT2D eigenvalue weighted by Gasteiger charge is -2.52. The molecule has 0 amide bonds. The Morgan fingerprint density at radius 1 is 1.20 bits per heavy atom. The van der Waals surface area contributed by atoms with E-state index < -0.39 is 0 Å². The number of likely N-dealkylation sites (N-methyl/N-ethyl adjacent to an activating group) is 2. The van der Waals surface area contributed by atoms with E-state index in [1.807, 2.05) is 0 Å². The van der Waals surface area contributed by atoms with Gasteiger partial charge in [0.1, 0.15) is 0 Å². The monoisotopic (exact) mass is 211 g/mol. The molecule has 88 valence electrons. The largest absolute Gasteiger partial charge is 0.328 e. The molecule has 0 saturated heterocycles. The maximum atomic E-state index is 5.84. The van der Waals surface area contributed by atoms with Crippen molar-refractivity contribution in [3.63, 3.8) is 0 Å². The van der Waals surface area contributed by atoms with Gasteiger partial charge in [-0.2, -0.15) is 0 Å². The van der Waals surface area contributed by atoms with Gasteiger partial charge >= 0.3 is 0 Å².